The fourth-order valence-electron chi connectivity index (χ4n) is 2.76. The number of piperazine rings is 1. The first-order chi connectivity index (χ1) is 10.5. The van der Waals surface area contributed by atoms with Crippen LogP contribution in [0.2, 0.25) is 0 Å². The molecule has 2 unspecified atom stereocenters. The van der Waals surface area contributed by atoms with Gasteiger partial charge in [-0.15, -0.1) is 0 Å². The molecule has 1 saturated heterocycles. The monoisotopic (exact) mass is 303 g/mol. The Hall–Kier alpha value is -2.48. The molecule has 0 spiro atoms. The van der Waals surface area contributed by atoms with Crippen LogP contribution in [0.1, 0.15) is 24.3 Å². The molecule has 0 saturated carbocycles. The molecule has 1 amide bonds. The van der Waals surface area contributed by atoms with Gasteiger partial charge in [0.1, 0.15) is 0 Å². The number of hydrogen-bond acceptors (Lipinski definition) is 5. The lowest BCUT2D eigenvalue weighted by atomic mass is 10.1. The number of carbonyl (C=O) groups is 1. The van der Waals surface area contributed by atoms with E-state index in [1.54, 1.807) is 11.0 Å². The minimum atomic E-state index is -0.476. The second kappa shape index (κ2) is 5.38. The van der Waals surface area contributed by atoms with E-state index < -0.39 is 4.92 Å². The highest BCUT2D eigenvalue weighted by molar-refractivity contribution is 6.05. The summed E-state index contributed by atoms with van der Waals surface area (Å²) >= 11 is 0. The second-order valence-electron chi connectivity index (χ2n) is 5.54. The minimum absolute atomic E-state index is 0.0340. The Morgan fingerprint density at radius 1 is 1.45 bits per heavy atom. The van der Waals surface area contributed by atoms with Crippen molar-refractivity contribution >= 4 is 22.5 Å². The van der Waals surface area contributed by atoms with Crippen LogP contribution in [0, 0.1) is 10.1 Å². The van der Waals surface area contributed by atoms with Crippen molar-refractivity contribution in [3.63, 3.8) is 0 Å². The summed E-state index contributed by atoms with van der Waals surface area (Å²) in [4.78, 5) is 25.0. The van der Waals surface area contributed by atoms with Gasteiger partial charge in [0.2, 0.25) is 0 Å². The number of nitrogens with one attached hydrogen (secondary N) is 2. The Kier molecular flexibility index (Phi) is 3.53. The summed E-state index contributed by atoms with van der Waals surface area (Å²) in [6.45, 7) is 5.32. The molecule has 8 heteroatoms. The van der Waals surface area contributed by atoms with E-state index in [0.29, 0.717) is 17.4 Å². The van der Waals surface area contributed by atoms with Gasteiger partial charge < -0.3 is 10.2 Å². The smallest absolute Gasteiger partial charge is 0.275 e. The lowest BCUT2D eigenvalue weighted by Gasteiger charge is -2.38. The van der Waals surface area contributed by atoms with Gasteiger partial charge in [0.15, 0.2) is 5.69 Å². The van der Waals surface area contributed by atoms with Gasteiger partial charge in [0.05, 0.1) is 10.4 Å². The molecule has 2 atom stereocenters. The standard InChI is InChI=1S/C14H17N5O3/c1-8-9(2)18(6-5-15-8)14(20)13-11-7-10(19(21)22)3-4-12(11)16-17-13/h3-4,7-9,15H,5-6H2,1-2H3,(H,16,17). The van der Waals surface area contributed by atoms with Crippen molar-refractivity contribution in [2.24, 2.45) is 0 Å². The number of H-pyrrole nitrogens is 1. The number of benzene rings is 1. The van der Waals surface area contributed by atoms with Crippen LogP contribution >= 0.6 is 0 Å². The van der Waals surface area contributed by atoms with Crippen LogP contribution in [0.5, 0.6) is 0 Å². The normalized spacial score (nSPS) is 22.0. The summed E-state index contributed by atoms with van der Waals surface area (Å²) in [6, 6.07) is 4.58. The Bertz CT molecular complexity index is 741. The molecule has 1 aromatic carbocycles. The van der Waals surface area contributed by atoms with Crippen LogP contribution in [0.4, 0.5) is 5.69 Å². The minimum Gasteiger partial charge on any atom is -0.332 e. The van der Waals surface area contributed by atoms with E-state index in [0.717, 1.165) is 6.54 Å². The number of amides is 1. The molecule has 116 valence electrons. The van der Waals surface area contributed by atoms with Crippen LogP contribution in [-0.4, -0.2) is 51.1 Å². The van der Waals surface area contributed by atoms with Gasteiger partial charge in [-0.1, -0.05) is 0 Å². The van der Waals surface area contributed by atoms with E-state index in [9.17, 15) is 14.9 Å². The Morgan fingerprint density at radius 2 is 2.23 bits per heavy atom. The largest absolute Gasteiger partial charge is 0.332 e. The predicted octanol–water partition coefficient (Wildman–Crippen LogP) is 1.29. The summed E-state index contributed by atoms with van der Waals surface area (Å²) in [5.41, 5.74) is 0.800. The number of fused-ring (bicyclic) bond motifs is 1. The highest BCUT2D eigenvalue weighted by Gasteiger charge is 2.31. The predicted molar refractivity (Wildman–Crippen MR) is 80.7 cm³/mol. The molecule has 0 bridgehead atoms. The Morgan fingerprint density at radius 3 is 2.95 bits per heavy atom. The summed E-state index contributed by atoms with van der Waals surface area (Å²) < 4.78 is 0. The number of nitrogens with zero attached hydrogens (tertiary/aromatic N) is 3. The highest BCUT2D eigenvalue weighted by atomic mass is 16.6. The third-order valence-corrected chi connectivity index (χ3v) is 4.25. The molecule has 1 aliphatic rings. The van der Waals surface area contributed by atoms with E-state index in [2.05, 4.69) is 15.5 Å². The molecule has 0 aliphatic carbocycles. The average molecular weight is 303 g/mol. The molecule has 1 aromatic heterocycles. The first-order valence-electron chi connectivity index (χ1n) is 7.16. The molecule has 1 aliphatic heterocycles. The van der Waals surface area contributed by atoms with Crippen molar-refractivity contribution in [3.8, 4) is 0 Å². The van der Waals surface area contributed by atoms with Crippen molar-refractivity contribution in [1.82, 2.24) is 20.4 Å². The first kappa shape index (κ1) is 14.5. The Labute approximate surface area is 126 Å². The quantitative estimate of drug-likeness (QED) is 0.642. The summed E-state index contributed by atoms with van der Waals surface area (Å²) in [6.07, 6.45) is 0. The van der Waals surface area contributed by atoms with Gasteiger partial charge in [0, 0.05) is 42.7 Å². The molecule has 1 fully saturated rings. The number of nitro groups is 1. The van der Waals surface area contributed by atoms with E-state index in [1.807, 2.05) is 13.8 Å². The molecular formula is C14H17N5O3. The topological polar surface area (TPSA) is 104 Å². The molecule has 2 aromatic rings. The zero-order valence-corrected chi connectivity index (χ0v) is 12.4. The average Bonchev–Trinajstić information content (AvgIpc) is 2.92. The third-order valence-electron chi connectivity index (χ3n) is 4.25. The zero-order chi connectivity index (χ0) is 15.9. The number of nitro benzene ring substituents is 1. The summed E-state index contributed by atoms with van der Waals surface area (Å²) in [5, 5.41) is 21.5. The van der Waals surface area contributed by atoms with Crippen LogP contribution in [-0.2, 0) is 0 Å². The van der Waals surface area contributed by atoms with Crippen molar-refractivity contribution in [2.75, 3.05) is 13.1 Å². The first-order valence-corrected chi connectivity index (χ1v) is 7.16. The zero-order valence-electron chi connectivity index (χ0n) is 12.4. The lowest BCUT2D eigenvalue weighted by molar-refractivity contribution is -0.384. The fraction of sp³-hybridized carbons (Fsp3) is 0.429. The van der Waals surface area contributed by atoms with Gasteiger partial charge in [-0.05, 0) is 19.9 Å². The third kappa shape index (κ3) is 2.31. The van der Waals surface area contributed by atoms with Crippen LogP contribution in [0.15, 0.2) is 18.2 Å². The SMILES string of the molecule is CC1NCCN(C(=O)c2n[nH]c3ccc([N+](=O)[O-])cc23)C1C. The number of non-ortho nitro benzene ring substituents is 1. The molecule has 2 heterocycles. The van der Waals surface area contributed by atoms with Crippen molar-refractivity contribution < 1.29 is 9.72 Å². The van der Waals surface area contributed by atoms with E-state index in [1.165, 1.54) is 12.1 Å². The number of carbonyl (C=O) groups excluding carboxylic acids is 1. The van der Waals surface area contributed by atoms with E-state index in [4.69, 9.17) is 0 Å². The van der Waals surface area contributed by atoms with Crippen molar-refractivity contribution in [1.29, 1.82) is 0 Å². The Balaban J connectivity index is 2.00. The summed E-state index contributed by atoms with van der Waals surface area (Å²) in [7, 11) is 0. The van der Waals surface area contributed by atoms with Crippen LogP contribution in [0.3, 0.4) is 0 Å². The highest BCUT2D eigenvalue weighted by Crippen LogP contribution is 2.24. The van der Waals surface area contributed by atoms with Crippen molar-refractivity contribution in [2.45, 2.75) is 25.9 Å². The summed E-state index contributed by atoms with van der Waals surface area (Å²) in [5.74, 6) is -0.201. The fourth-order valence-corrected chi connectivity index (χ4v) is 2.76. The maximum atomic E-state index is 12.8. The number of aromatic amines is 1. The van der Waals surface area contributed by atoms with Gasteiger partial charge in [-0.2, -0.15) is 5.10 Å². The second-order valence-corrected chi connectivity index (χ2v) is 5.54. The molecule has 2 N–H and O–H groups in total. The van der Waals surface area contributed by atoms with Gasteiger partial charge in [-0.25, -0.2) is 0 Å². The lowest BCUT2D eigenvalue weighted by Crippen LogP contribution is -2.57. The molecule has 22 heavy (non-hydrogen) atoms. The number of hydrogen-bond donors (Lipinski definition) is 2. The van der Waals surface area contributed by atoms with Gasteiger partial charge in [0.25, 0.3) is 11.6 Å². The van der Waals surface area contributed by atoms with E-state index in [-0.39, 0.29) is 29.4 Å². The van der Waals surface area contributed by atoms with E-state index >= 15 is 0 Å². The molecule has 0 radical (unpaired) electrons. The van der Waals surface area contributed by atoms with Crippen molar-refractivity contribution in [3.05, 3.63) is 34.0 Å². The van der Waals surface area contributed by atoms with Gasteiger partial charge >= 0.3 is 0 Å². The maximum Gasteiger partial charge on any atom is 0.275 e. The van der Waals surface area contributed by atoms with Crippen LogP contribution < -0.4 is 5.32 Å². The van der Waals surface area contributed by atoms with Crippen LogP contribution in [0.25, 0.3) is 10.9 Å². The van der Waals surface area contributed by atoms with Gasteiger partial charge in [-0.3, -0.25) is 20.0 Å². The molecule has 8 nitrogen and oxygen atoms in total. The number of aromatic nitrogens is 2. The molecule has 3 rings (SSSR count). The molecular weight excluding hydrogens is 286 g/mol. The maximum absolute atomic E-state index is 12.8. The number of rotatable bonds is 2.